The Morgan fingerprint density at radius 3 is 2.17 bits per heavy atom. The first-order valence-corrected chi connectivity index (χ1v) is 13.5. The van der Waals surface area contributed by atoms with E-state index >= 15 is 0 Å². The van der Waals surface area contributed by atoms with Crippen molar-refractivity contribution in [2.45, 2.75) is 0 Å². The van der Waals surface area contributed by atoms with Gasteiger partial charge in [0.15, 0.2) is 5.58 Å². The van der Waals surface area contributed by atoms with Crippen molar-refractivity contribution in [3.8, 4) is 6.01 Å². The number of hydrogen-bond acceptors (Lipinski definition) is 4. The fourth-order valence-electron chi connectivity index (χ4n) is 5.68. The van der Waals surface area contributed by atoms with Crippen molar-refractivity contribution in [1.29, 1.82) is 0 Å². The molecule has 4 aromatic heterocycles. The highest BCUT2D eigenvalue weighted by Gasteiger charge is 2.20. The Bertz CT molecular complexity index is 2330. The van der Waals surface area contributed by atoms with Crippen LogP contribution in [0.15, 0.2) is 101 Å². The van der Waals surface area contributed by atoms with E-state index < -0.39 is 0 Å². The number of rotatable bonds is 1. The smallest absolute Gasteiger partial charge is 0.307 e. The standard InChI is InChI=1S/C31H16N2OS2/c1-4-10-22-17(7-1)20-16-28-21(18-8-2-5-11-25(18)36-28)15-23(20)33(22)31-32-30-24(34-31)13-14-27-29(30)19-9-3-6-12-26(19)35-27/h1-16H. The summed E-state index contributed by atoms with van der Waals surface area (Å²) in [6.07, 6.45) is 0. The molecule has 0 saturated heterocycles. The number of benzene rings is 5. The highest BCUT2D eigenvalue weighted by Crippen LogP contribution is 2.42. The minimum Gasteiger partial charge on any atom is -0.423 e. The Hall–Kier alpha value is -4.19. The lowest BCUT2D eigenvalue weighted by Gasteiger charge is -2.02. The molecule has 0 radical (unpaired) electrons. The zero-order valence-corrected chi connectivity index (χ0v) is 20.5. The van der Waals surface area contributed by atoms with Crippen LogP contribution < -0.4 is 0 Å². The van der Waals surface area contributed by atoms with Gasteiger partial charge in [-0.15, -0.1) is 22.7 Å². The molecule has 0 bridgehead atoms. The number of thiophene rings is 2. The SMILES string of the molecule is c1ccc2c(c1)sc1cc3c4ccccc4n(-c4nc5c(ccc6sc7ccccc7c65)o4)c3cc12. The van der Waals surface area contributed by atoms with E-state index in [1.807, 2.05) is 11.3 Å². The number of hydrogen-bond donors (Lipinski definition) is 0. The lowest BCUT2D eigenvalue weighted by molar-refractivity contribution is 0.574. The van der Waals surface area contributed by atoms with Crippen LogP contribution in [-0.4, -0.2) is 9.55 Å². The summed E-state index contributed by atoms with van der Waals surface area (Å²) >= 11 is 3.65. The van der Waals surface area contributed by atoms with Gasteiger partial charge in [0, 0.05) is 51.1 Å². The van der Waals surface area contributed by atoms with Crippen LogP contribution in [0.3, 0.4) is 0 Å². The van der Waals surface area contributed by atoms with Crippen LogP contribution >= 0.6 is 22.7 Å². The zero-order chi connectivity index (χ0) is 23.4. The second-order valence-electron chi connectivity index (χ2n) is 9.20. The number of nitrogens with zero attached hydrogens (tertiary/aromatic N) is 2. The van der Waals surface area contributed by atoms with E-state index in [0.717, 1.165) is 22.1 Å². The molecular formula is C31H16N2OS2. The predicted octanol–water partition coefficient (Wildman–Crippen LogP) is 9.66. The topological polar surface area (TPSA) is 31.0 Å². The summed E-state index contributed by atoms with van der Waals surface area (Å²) in [4.78, 5) is 5.14. The van der Waals surface area contributed by atoms with Gasteiger partial charge in [0.05, 0.1) is 11.0 Å². The first-order chi connectivity index (χ1) is 17.8. The van der Waals surface area contributed by atoms with Gasteiger partial charge in [0.1, 0.15) is 5.52 Å². The zero-order valence-electron chi connectivity index (χ0n) is 18.9. The van der Waals surface area contributed by atoms with E-state index in [0.29, 0.717) is 6.01 Å². The minimum absolute atomic E-state index is 0.609. The number of aromatic nitrogens is 2. The van der Waals surface area contributed by atoms with Gasteiger partial charge in [-0.1, -0.05) is 54.6 Å². The number of para-hydroxylation sites is 1. The first kappa shape index (κ1) is 19.1. The molecule has 0 unspecified atom stereocenters. The average Bonchev–Trinajstić information content (AvgIpc) is 3.66. The van der Waals surface area contributed by atoms with E-state index in [1.165, 1.54) is 51.1 Å². The van der Waals surface area contributed by atoms with Crippen LogP contribution in [0.1, 0.15) is 0 Å². The van der Waals surface area contributed by atoms with Gasteiger partial charge in [-0.3, -0.25) is 4.57 Å². The Balaban J connectivity index is 1.43. The molecule has 0 aliphatic rings. The molecule has 9 aromatic rings. The third-order valence-corrected chi connectivity index (χ3v) is 9.52. The minimum atomic E-state index is 0.609. The summed E-state index contributed by atoms with van der Waals surface area (Å²) in [5.74, 6) is 0. The molecule has 0 N–H and O–H groups in total. The number of oxazole rings is 1. The van der Waals surface area contributed by atoms with Crippen molar-refractivity contribution >= 4 is 95.9 Å². The van der Waals surface area contributed by atoms with Gasteiger partial charge in [-0.25, -0.2) is 0 Å². The van der Waals surface area contributed by atoms with Crippen LogP contribution in [0.4, 0.5) is 0 Å². The monoisotopic (exact) mass is 496 g/mol. The average molecular weight is 497 g/mol. The molecule has 0 saturated carbocycles. The van der Waals surface area contributed by atoms with Crippen LogP contribution in [0.2, 0.25) is 0 Å². The molecule has 0 spiro atoms. The Kier molecular flexibility index (Phi) is 3.56. The van der Waals surface area contributed by atoms with Crippen LogP contribution in [0, 0.1) is 0 Å². The van der Waals surface area contributed by atoms with Gasteiger partial charge in [0.25, 0.3) is 0 Å². The molecule has 4 heterocycles. The second-order valence-corrected chi connectivity index (χ2v) is 11.4. The summed E-state index contributed by atoms with van der Waals surface area (Å²) in [5.41, 5.74) is 3.96. The van der Waals surface area contributed by atoms with E-state index in [-0.39, 0.29) is 0 Å². The van der Waals surface area contributed by atoms with Gasteiger partial charge in [-0.2, -0.15) is 4.98 Å². The maximum atomic E-state index is 6.50. The molecule has 0 aliphatic carbocycles. The van der Waals surface area contributed by atoms with E-state index in [9.17, 15) is 0 Å². The maximum absolute atomic E-state index is 6.50. The Labute approximate surface area is 212 Å². The van der Waals surface area contributed by atoms with Gasteiger partial charge < -0.3 is 4.42 Å². The third kappa shape index (κ3) is 2.39. The first-order valence-electron chi connectivity index (χ1n) is 11.9. The highest BCUT2D eigenvalue weighted by molar-refractivity contribution is 7.26. The van der Waals surface area contributed by atoms with Gasteiger partial charge >= 0.3 is 6.01 Å². The molecular weight excluding hydrogens is 480 g/mol. The molecule has 9 rings (SSSR count). The summed E-state index contributed by atoms with van der Waals surface area (Å²) in [6, 6.07) is 35.2. The van der Waals surface area contributed by atoms with E-state index in [1.54, 1.807) is 11.3 Å². The largest absolute Gasteiger partial charge is 0.423 e. The molecule has 0 atom stereocenters. The van der Waals surface area contributed by atoms with Crippen molar-refractivity contribution in [2.75, 3.05) is 0 Å². The summed E-state index contributed by atoms with van der Waals surface area (Å²) < 4.78 is 13.8. The molecule has 0 aliphatic heterocycles. The fourth-order valence-corrected chi connectivity index (χ4v) is 7.91. The fraction of sp³-hybridized carbons (Fsp3) is 0. The third-order valence-electron chi connectivity index (χ3n) is 7.25. The summed E-state index contributed by atoms with van der Waals surface area (Å²) in [7, 11) is 0. The van der Waals surface area contributed by atoms with E-state index in [4.69, 9.17) is 9.40 Å². The molecule has 168 valence electrons. The number of fused-ring (bicyclic) bond motifs is 11. The molecule has 36 heavy (non-hydrogen) atoms. The van der Waals surface area contributed by atoms with Crippen molar-refractivity contribution in [3.05, 3.63) is 97.1 Å². The Morgan fingerprint density at radius 1 is 0.556 bits per heavy atom. The quantitative estimate of drug-likeness (QED) is 0.226. The van der Waals surface area contributed by atoms with Crippen LogP contribution in [0.5, 0.6) is 0 Å². The van der Waals surface area contributed by atoms with Gasteiger partial charge in [0.2, 0.25) is 0 Å². The molecule has 5 aromatic carbocycles. The van der Waals surface area contributed by atoms with Crippen molar-refractivity contribution in [3.63, 3.8) is 0 Å². The Morgan fingerprint density at radius 2 is 1.28 bits per heavy atom. The van der Waals surface area contributed by atoms with Gasteiger partial charge in [-0.05, 0) is 42.5 Å². The lowest BCUT2D eigenvalue weighted by atomic mass is 10.1. The normalized spacial score (nSPS) is 12.4. The molecule has 3 nitrogen and oxygen atoms in total. The van der Waals surface area contributed by atoms with Crippen LogP contribution in [-0.2, 0) is 0 Å². The van der Waals surface area contributed by atoms with Crippen molar-refractivity contribution in [1.82, 2.24) is 9.55 Å². The predicted molar refractivity (Wildman–Crippen MR) is 154 cm³/mol. The second kappa shape index (κ2) is 6.72. The van der Waals surface area contributed by atoms with E-state index in [2.05, 4.69) is 102 Å². The molecule has 0 amide bonds. The molecule has 0 fully saturated rings. The highest BCUT2D eigenvalue weighted by atomic mass is 32.1. The van der Waals surface area contributed by atoms with Crippen LogP contribution in [0.25, 0.3) is 79.3 Å². The molecule has 5 heteroatoms. The maximum Gasteiger partial charge on any atom is 0.307 e. The van der Waals surface area contributed by atoms with Crippen molar-refractivity contribution in [2.24, 2.45) is 0 Å². The van der Waals surface area contributed by atoms with Crippen molar-refractivity contribution < 1.29 is 4.42 Å². The summed E-state index contributed by atoms with van der Waals surface area (Å²) in [5, 5.41) is 7.40. The summed E-state index contributed by atoms with van der Waals surface area (Å²) in [6.45, 7) is 0. The lowest BCUT2D eigenvalue weighted by Crippen LogP contribution is -1.93.